The molecule has 0 fully saturated rings. The van der Waals surface area contributed by atoms with E-state index in [1.54, 1.807) is 0 Å². The van der Waals surface area contributed by atoms with E-state index in [1.165, 1.54) is 0 Å². The van der Waals surface area contributed by atoms with Gasteiger partial charge >= 0.3 is 29.6 Å². The molecule has 0 aliphatic rings. The summed E-state index contributed by atoms with van der Waals surface area (Å²) in [4.78, 5) is 0. The van der Waals surface area contributed by atoms with Crippen LogP contribution in [0.15, 0.2) is 0 Å². The molecule has 0 saturated carbocycles. The van der Waals surface area contributed by atoms with Gasteiger partial charge in [0.2, 0.25) is 0 Å². The molecule has 0 aliphatic heterocycles. The minimum atomic E-state index is 0. The van der Waals surface area contributed by atoms with Crippen molar-refractivity contribution in [3.63, 3.8) is 0 Å². The molecule has 0 N–H and O–H groups in total. The fourth-order valence-corrected chi connectivity index (χ4v) is 0. The van der Waals surface area contributed by atoms with Gasteiger partial charge in [0.05, 0.1) is 0 Å². The quantitative estimate of drug-likeness (QED) is 0.312. The molecular formula is H2FNaSi4. The second-order valence-electron chi connectivity index (χ2n) is 0. The van der Waals surface area contributed by atoms with E-state index in [0.29, 0.717) is 0 Å². The fourth-order valence-electron chi connectivity index (χ4n) is 0. The third kappa shape index (κ3) is 41.3. The SMILES string of the molecule is F.[H-].[Na+].[Si].[Si].[Si].[Si]. The summed E-state index contributed by atoms with van der Waals surface area (Å²) < 4.78 is 0. The van der Waals surface area contributed by atoms with Crippen LogP contribution in [-0.4, -0.2) is 43.9 Å². The minimum absolute atomic E-state index is 0. The second-order valence-corrected chi connectivity index (χ2v) is 0. The number of rotatable bonds is 0. The summed E-state index contributed by atoms with van der Waals surface area (Å²) in [7, 11) is 0. The van der Waals surface area contributed by atoms with E-state index in [4.69, 9.17) is 0 Å². The third-order valence-electron chi connectivity index (χ3n) is 0. The molecule has 0 saturated heterocycles. The van der Waals surface area contributed by atoms with Gasteiger partial charge in [0.15, 0.2) is 0 Å². The van der Waals surface area contributed by atoms with Crippen molar-refractivity contribution in [1.29, 1.82) is 0 Å². The van der Waals surface area contributed by atoms with Crippen LogP contribution < -0.4 is 29.6 Å². The maximum atomic E-state index is 0. The third-order valence-corrected chi connectivity index (χ3v) is 0. The van der Waals surface area contributed by atoms with E-state index in [-0.39, 0.29) is 79.5 Å². The molecule has 0 aliphatic carbocycles. The molecule has 26 valence electrons. The molecule has 0 heterocycles. The normalized spacial score (nSPS) is 0. The van der Waals surface area contributed by atoms with Crippen molar-refractivity contribution in [2.24, 2.45) is 0 Å². The Morgan fingerprint density at radius 3 is 0.667 bits per heavy atom. The molecule has 0 unspecified atom stereocenters. The standard InChI is InChI=1S/FH.Na.4Si.H/h1H;;;;;;/q;+1;;;;;-1. The van der Waals surface area contributed by atoms with Crippen LogP contribution in [0.2, 0.25) is 0 Å². The van der Waals surface area contributed by atoms with Gasteiger partial charge in [-0.05, 0) is 0 Å². The van der Waals surface area contributed by atoms with Crippen LogP contribution in [0.5, 0.6) is 0 Å². The van der Waals surface area contributed by atoms with Crippen molar-refractivity contribution in [3.05, 3.63) is 0 Å². The van der Waals surface area contributed by atoms with Crippen molar-refractivity contribution in [1.82, 2.24) is 0 Å². The summed E-state index contributed by atoms with van der Waals surface area (Å²) in [5, 5.41) is 0. The summed E-state index contributed by atoms with van der Waals surface area (Å²) >= 11 is 0. The molecule has 0 spiro atoms. The van der Waals surface area contributed by atoms with Crippen molar-refractivity contribution >= 4 is 43.9 Å². The molecule has 0 aromatic rings. The van der Waals surface area contributed by atoms with Crippen LogP contribution in [0.25, 0.3) is 0 Å². The topological polar surface area (TPSA) is 0 Å². The number of halogens is 1. The maximum absolute atomic E-state index is 0. The fraction of sp³-hybridized carbons (Fsp3) is 0. The molecule has 0 nitrogen and oxygen atoms in total. The molecule has 0 aromatic heterocycles. The van der Waals surface area contributed by atoms with Gasteiger partial charge in [0.25, 0.3) is 0 Å². The molecule has 0 aromatic carbocycles. The summed E-state index contributed by atoms with van der Waals surface area (Å²) in [6.45, 7) is 0. The molecule has 0 bridgehead atoms. The molecule has 0 atom stereocenters. The van der Waals surface area contributed by atoms with E-state index < -0.39 is 0 Å². The average molecular weight is 156 g/mol. The van der Waals surface area contributed by atoms with Crippen LogP contribution in [-0.2, 0) is 0 Å². The van der Waals surface area contributed by atoms with E-state index in [1.807, 2.05) is 0 Å². The van der Waals surface area contributed by atoms with Gasteiger partial charge in [0.1, 0.15) is 0 Å². The first-order chi connectivity index (χ1) is 0. The summed E-state index contributed by atoms with van der Waals surface area (Å²) in [6, 6.07) is 0. The van der Waals surface area contributed by atoms with Crippen LogP contribution in [0.4, 0.5) is 4.70 Å². The first-order valence-electron chi connectivity index (χ1n) is 0. The van der Waals surface area contributed by atoms with Gasteiger partial charge in [-0.25, -0.2) is 0 Å². The van der Waals surface area contributed by atoms with Gasteiger partial charge in [-0.15, -0.1) is 0 Å². The Bertz CT molecular complexity index is 11.7. The molecule has 0 amide bonds. The Labute approximate surface area is 79.1 Å². The minimum Gasteiger partial charge on any atom is -1.00 e. The average Bonchev–Trinajstić information content (AvgIpc) is 0. The van der Waals surface area contributed by atoms with Gasteiger partial charge in [-0.2, -0.15) is 0 Å². The molecular weight excluding hydrogens is 154 g/mol. The summed E-state index contributed by atoms with van der Waals surface area (Å²) in [5.74, 6) is 0. The maximum Gasteiger partial charge on any atom is 1.00 e. The number of hydrogen-bond donors (Lipinski definition) is 0. The first kappa shape index (κ1) is 112. The predicted octanol–water partition coefficient (Wildman–Crippen LogP) is -4.25. The zero-order chi connectivity index (χ0) is 0. The smallest absolute Gasteiger partial charge is 1.00 e. The Morgan fingerprint density at radius 2 is 0.667 bits per heavy atom. The van der Waals surface area contributed by atoms with Crippen molar-refractivity contribution in [2.75, 3.05) is 0 Å². The Kier molecular flexibility index (Phi) is 1310. The van der Waals surface area contributed by atoms with Crippen LogP contribution in [0.1, 0.15) is 1.43 Å². The van der Waals surface area contributed by atoms with Crippen molar-refractivity contribution in [3.8, 4) is 0 Å². The predicted molar refractivity (Wildman–Crippen MR) is 26.6 cm³/mol. The Balaban J connectivity index is 0. The van der Waals surface area contributed by atoms with E-state index in [0.717, 1.165) is 0 Å². The first-order valence-corrected chi connectivity index (χ1v) is 0. The van der Waals surface area contributed by atoms with Crippen LogP contribution in [0.3, 0.4) is 0 Å². The van der Waals surface area contributed by atoms with Crippen LogP contribution in [0, 0.1) is 0 Å². The molecule has 6 heteroatoms. The van der Waals surface area contributed by atoms with Crippen molar-refractivity contribution < 1.29 is 35.7 Å². The van der Waals surface area contributed by atoms with Gasteiger partial charge in [-0.3, -0.25) is 4.70 Å². The largest absolute Gasteiger partial charge is 1.00 e. The molecule has 16 radical (unpaired) electrons. The van der Waals surface area contributed by atoms with Crippen molar-refractivity contribution in [2.45, 2.75) is 0 Å². The van der Waals surface area contributed by atoms with Gasteiger partial charge in [-0.1, -0.05) is 0 Å². The Morgan fingerprint density at radius 1 is 0.667 bits per heavy atom. The molecule has 6 heavy (non-hydrogen) atoms. The summed E-state index contributed by atoms with van der Waals surface area (Å²) in [6.07, 6.45) is 0. The van der Waals surface area contributed by atoms with E-state index >= 15 is 0 Å². The van der Waals surface area contributed by atoms with Crippen LogP contribution >= 0.6 is 0 Å². The molecule has 0 rings (SSSR count). The zero-order valence-corrected chi connectivity index (χ0v) is 9.41. The van der Waals surface area contributed by atoms with Gasteiger partial charge < -0.3 is 1.43 Å². The van der Waals surface area contributed by atoms with Gasteiger partial charge in [0, 0.05) is 43.9 Å². The second kappa shape index (κ2) is 70.7. The van der Waals surface area contributed by atoms with E-state index in [9.17, 15) is 0 Å². The number of hydrogen-bond acceptors (Lipinski definition) is 0. The summed E-state index contributed by atoms with van der Waals surface area (Å²) in [5.41, 5.74) is 0. The monoisotopic (exact) mass is 156 g/mol. The Hall–Kier alpha value is 1.80. The van der Waals surface area contributed by atoms with E-state index in [2.05, 4.69) is 0 Å². The zero-order valence-electron chi connectivity index (χ0n) is 4.41.